The number of nitrogens with zero attached hydrogens (tertiary/aromatic N) is 3. The number of alkyl halides is 3. The lowest BCUT2D eigenvalue weighted by molar-refractivity contribution is -0.137. The zero-order chi connectivity index (χ0) is 18.3. The molecule has 4 heterocycles. The minimum absolute atomic E-state index is 0.317. The van der Waals surface area contributed by atoms with Crippen LogP contribution in [0.3, 0.4) is 0 Å². The molecule has 138 valence electrons. The van der Waals surface area contributed by atoms with Gasteiger partial charge in [-0.25, -0.2) is 9.97 Å². The van der Waals surface area contributed by atoms with Crippen LogP contribution < -0.4 is 5.32 Å². The molecule has 7 heteroatoms. The van der Waals surface area contributed by atoms with E-state index in [1.807, 2.05) is 0 Å². The molecule has 3 aliphatic rings. The Labute approximate surface area is 150 Å². The quantitative estimate of drug-likeness (QED) is 0.894. The standard InChI is InChI=1S/C19H21F3N4/c1-12-17(13-5-7-26(12)8-6-13)25-18-23-10-15(11-24-18)14-3-2-4-16(9-14)19(20,21)22/h2-4,9-13,17H,5-8H2,1H3,(H,23,24,25)/t12-,17+/m1/s1. The van der Waals surface area contributed by atoms with Crippen molar-refractivity contribution in [2.24, 2.45) is 5.92 Å². The van der Waals surface area contributed by atoms with Gasteiger partial charge in [-0.2, -0.15) is 13.2 Å². The first-order valence-corrected chi connectivity index (χ1v) is 8.92. The summed E-state index contributed by atoms with van der Waals surface area (Å²) < 4.78 is 38.6. The number of aromatic nitrogens is 2. The number of hydrogen-bond donors (Lipinski definition) is 1. The predicted octanol–water partition coefficient (Wildman–Crippen LogP) is 4.06. The van der Waals surface area contributed by atoms with Crippen molar-refractivity contribution in [2.45, 2.75) is 38.0 Å². The van der Waals surface area contributed by atoms with Gasteiger partial charge in [0.15, 0.2) is 0 Å². The molecule has 2 atom stereocenters. The molecule has 0 aliphatic carbocycles. The Morgan fingerprint density at radius 3 is 2.38 bits per heavy atom. The molecule has 1 aromatic heterocycles. The highest BCUT2D eigenvalue weighted by Crippen LogP contribution is 2.34. The monoisotopic (exact) mass is 362 g/mol. The number of fused-ring (bicyclic) bond motifs is 3. The summed E-state index contributed by atoms with van der Waals surface area (Å²) in [6.45, 7) is 4.53. The summed E-state index contributed by atoms with van der Waals surface area (Å²) in [6, 6.07) is 5.98. The molecule has 2 bridgehead atoms. The van der Waals surface area contributed by atoms with E-state index in [-0.39, 0.29) is 0 Å². The summed E-state index contributed by atoms with van der Waals surface area (Å²) in [5.41, 5.74) is 0.365. The normalized spacial score (nSPS) is 28.2. The van der Waals surface area contributed by atoms with Gasteiger partial charge in [-0.1, -0.05) is 12.1 Å². The minimum Gasteiger partial charge on any atom is -0.350 e. The summed E-state index contributed by atoms with van der Waals surface area (Å²) in [6.07, 6.45) is 1.17. The third-order valence-corrected chi connectivity index (χ3v) is 5.65. The van der Waals surface area contributed by atoms with E-state index in [1.165, 1.54) is 18.9 Å². The molecule has 3 saturated heterocycles. The largest absolute Gasteiger partial charge is 0.416 e. The van der Waals surface area contributed by atoms with Gasteiger partial charge in [0.2, 0.25) is 5.95 Å². The van der Waals surface area contributed by atoms with Crippen LogP contribution in [0.15, 0.2) is 36.7 Å². The highest BCUT2D eigenvalue weighted by atomic mass is 19.4. The topological polar surface area (TPSA) is 41.1 Å². The fourth-order valence-corrected chi connectivity index (χ4v) is 4.12. The number of nitrogens with one attached hydrogen (secondary N) is 1. The van der Waals surface area contributed by atoms with Gasteiger partial charge in [0.1, 0.15) is 0 Å². The molecule has 1 N–H and O–H groups in total. The Balaban J connectivity index is 1.51. The van der Waals surface area contributed by atoms with Gasteiger partial charge in [0.25, 0.3) is 0 Å². The Bertz CT molecular complexity index is 765. The van der Waals surface area contributed by atoms with Crippen LogP contribution in [0.4, 0.5) is 19.1 Å². The molecule has 3 aliphatic heterocycles. The first kappa shape index (κ1) is 17.3. The molecule has 0 amide bonds. The second-order valence-corrected chi connectivity index (χ2v) is 7.16. The van der Waals surface area contributed by atoms with E-state index in [9.17, 15) is 13.2 Å². The summed E-state index contributed by atoms with van der Waals surface area (Å²) >= 11 is 0. The van der Waals surface area contributed by atoms with Gasteiger partial charge >= 0.3 is 6.18 Å². The fraction of sp³-hybridized carbons (Fsp3) is 0.474. The Morgan fingerprint density at radius 1 is 1.08 bits per heavy atom. The molecule has 5 rings (SSSR count). The highest BCUT2D eigenvalue weighted by Gasteiger charge is 2.40. The number of hydrogen-bond acceptors (Lipinski definition) is 4. The lowest BCUT2D eigenvalue weighted by atomic mass is 9.79. The first-order valence-electron chi connectivity index (χ1n) is 8.92. The van der Waals surface area contributed by atoms with Crippen LogP contribution in [0.1, 0.15) is 25.3 Å². The van der Waals surface area contributed by atoms with Gasteiger partial charge in [0, 0.05) is 30.0 Å². The van der Waals surface area contributed by atoms with Crippen molar-refractivity contribution in [3.8, 4) is 11.1 Å². The van der Waals surface area contributed by atoms with Crippen molar-refractivity contribution in [1.82, 2.24) is 14.9 Å². The van der Waals surface area contributed by atoms with Crippen LogP contribution in [0.2, 0.25) is 0 Å². The van der Waals surface area contributed by atoms with Crippen LogP contribution in [0.25, 0.3) is 11.1 Å². The maximum atomic E-state index is 12.9. The van der Waals surface area contributed by atoms with Crippen molar-refractivity contribution in [1.29, 1.82) is 0 Å². The minimum atomic E-state index is -4.36. The van der Waals surface area contributed by atoms with Crippen molar-refractivity contribution < 1.29 is 13.2 Å². The van der Waals surface area contributed by atoms with Crippen molar-refractivity contribution in [2.75, 3.05) is 18.4 Å². The fourth-order valence-electron chi connectivity index (χ4n) is 4.12. The second-order valence-electron chi connectivity index (χ2n) is 7.16. The Hall–Kier alpha value is -2.15. The summed E-state index contributed by atoms with van der Waals surface area (Å²) in [5, 5.41) is 3.43. The van der Waals surface area contributed by atoms with E-state index in [2.05, 4.69) is 27.1 Å². The molecule has 26 heavy (non-hydrogen) atoms. The van der Waals surface area contributed by atoms with Crippen LogP contribution >= 0.6 is 0 Å². The zero-order valence-electron chi connectivity index (χ0n) is 14.5. The predicted molar refractivity (Wildman–Crippen MR) is 93.6 cm³/mol. The molecule has 1 aromatic carbocycles. The molecular weight excluding hydrogens is 341 g/mol. The Kier molecular flexibility index (Phi) is 4.34. The molecule has 0 spiro atoms. The molecular formula is C19H21F3N4. The van der Waals surface area contributed by atoms with Gasteiger partial charge in [-0.05, 0) is 56.5 Å². The summed E-state index contributed by atoms with van der Waals surface area (Å²) in [5.74, 6) is 1.16. The van der Waals surface area contributed by atoms with Crippen LogP contribution in [-0.2, 0) is 6.18 Å². The molecule has 0 radical (unpaired) electrons. The lowest BCUT2D eigenvalue weighted by Crippen LogP contribution is -2.59. The van der Waals surface area contributed by atoms with Crippen LogP contribution in [-0.4, -0.2) is 40.0 Å². The third-order valence-electron chi connectivity index (χ3n) is 5.65. The van der Waals surface area contributed by atoms with E-state index in [1.54, 1.807) is 18.5 Å². The van der Waals surface area contributed by atoms with Crippen LogP contribution in [0, 0.1) is 5.92 Å². The number of piperidine rings is 3. The SMILES string of the molecule is C[C@@H]1[C@H](Nc2ncc(-c3cccc(C(F)(F)F)c3)cn2)C2CCN1CC2. The summed E-state index contributed by atoms with van der Waals surface area (Å²) in [4.78, 5) is 11.2. The van der Waals surface area contributed by atoms with Crippen molar-refractivity contribution >= 4 is 5.95 Å². The van der Waals surface area contributed by atoms with Crippen molar-refractivity contribution in [3.63, 3.8) is 0 Å². The van der Waals surface area contributed by atoms with Gasteiger partial charge < -0.3 is 5.32 Å². The van der Waals surface area contributed by atoms with Crippen LogP contribution in [0.5, 0.6) is 0 Å². The van der Waals surface area contributed by atoms with E-state index in [4.69, 9.17) is 0 Å². The second kappa shape index (κ2) is 6.54. The zero-order valence-corrected chi connectivity index (χ0v) is 14.5. The Morgan fingerprint density at radius 2 is 1.77 bits per heavy atom. The van der Waals surface area contributed by atoms with E-state index >= 15 is 0 Å². The maximum Gasteiger partial charge on any atom is 0.416 e. The summed E-state index contributed by atoms with van der Waals surface area (Å²) in [7, 11) is 0. The number of halogens is 3. The lowest BCUT2D eigenvalue weighted by Gasteiger charge is -2.49. The van der Waals surface area contributed by atoms with E-state index < -0.39 is 11.7 Å². The smallest absolute Gasteiger partial charge is 0.350 e. The molecule has 0 saturated carbocycles. The third kappa shape index (κ3) is 3.28. The van der Waals surface area contributed by atoms with Gasteiger partial charge in [-0.15, -0.1) is 0 Å². The average molecular weight is 362 g/mol. The van der Waals surface area contributed by atoms with Crippen molar-refractivity contribution in [3.05, 3.63) is 42.2 Å². The van der Waals surface area contributed by atoms with Gasteiger partial charge in [0.05, 0.1) is 5.56 Å². The first-order chi connectivity index (χ1) is 12.4. The number of benzene rings is 1. The number of rotatable bonds is 3. The average Bonchev–Trinajstić information content (AvgIpc) is 2.65. The highest BCUT2D eigenvalue weighted by molar-refractivity contribution is 5.63. The maximum absolute atomic E-state index is 12.9. The van der Waals surface area contributed by atoms with E-state index in [0.717, 1.165) is 25.2 Å². The molecule has 2 aromatic rings. The van der Waals surface area contributed by atoms with Gasteiger partial charge in [-0.3, -0.25) is 4.90 Å². The van der Waals surface area contributed by atoms with E-state index in [0.29, 0.717) is 35.1 Å². The molecule has 3 fully saturated rings. The number of anilines is 1. The molecule has 4 nitrogen and oxygen atoms in total. The molecule has 0 unspecified atom stereocenters.